The number of rotatable bonds is 2. The molecule has 0 saturated carbocycles. The maximum absolute atomic E-state index is 12.6. The van der Waals surface area contributed by atoms with Gasteiger partial charge in [-0.25, -0.2) is 8.42 Å². The van der Waals surface area contributed by atoms with Gasteiger partial charge in [-0.05, 0) is 24.3 Å². The Hall–Kier alpha value is -2.11. The summed E-state index contributed by atoms with van der Waals surface area (Å²) in [6.45, 7) is 0. The van der Waals surface area contributed by atoms with E-state index in [-0.39, 0.29) is 14.8 Å². The van der Waals surface area contributed by atoms with Crippen molar-refractivity contribution in [3.05, 3.63) is 59.8 Å². The molecule has 0 radical (unpaired) electrons. The first-order chi connectivity index (χ1) is 10.00. The molecule has 0 aliphatic heterocycles. The molecule has 106 valence electrons. The molecule has 0 aliphatic rings. The van der Waals surface area contributed by atoms with Gasteiger partial charge in [0.05, 0.1) is 26.0 Å². The molecule has 1 heterocycles. The van der Waals surface area contributed by atoms with Crippen LogP contribution in [-0.2, 0) is 9.84 Å². The van der Waals surface area contributed by atoms with Crippen molar-refractivity contribution < 1.29 is 8.42 Å². The van der Waals surface area contributed by atoms with Crippen LogP contribution < -0.4 is 5.73 Å². The second kappa shape index (κ2) is 5.02. The van der Waals surface area contributed by atoms with Crippen LogP contribution in [0.1, 0.15) is 0 Å². The summed E-state index contributed by atoms with van der Waals surface area (Å²) in [7, 11) is -3.71. The highest BCUT2D eigenvalue weighted by Gasteiger charge is 2.21. The maximum atomic E-state index is 12.6. The maximum Gasteiger partial charge on any atom is 0.209 e. The topological polar surface area (TPSA) is 73.1 Å². The van der Waals surface area contributed by atoms with Crippen molar-refractivity contribution >= 4 is 38.0 Å². The molecule has 0 unspecified atom stereocenters. The van der Waals surface area contributed by atoms with E-state index in [0.29, 0.717) is 16.6 Å². The zero-order chi connectivity index (χ0) is 15.0. The SMILES string of the molecule is Nc1cccc2cc(S(=O)(=O)c3ccccc3Cl)cnc12. The van der Waals surface area contributed by atoms with Crippen LogP contribution in [0.15, 0.2) is 64.5 Å². The molecular formula is C15H11ClN2O2S. The number of nitrogen functional groups attached to an aromatic ring is 1. The Morgan fingerprint density at radius 2 is 1.81 bits per heavy atom. The Morgan fingerprint density at radius 3 is 2.57 bits per heavy atom. The minimum absolute atomic E-state index is 0.0664. The number of nitrogens with zero attached hydrogens (tertiary/aromatic N) is 1. The van der Waals surface area contributed by atoms with Crippen molar-refractivity contribution in [1.82, 2.24) is 4.98 Å². The molecule has 1 aromatic heterocycles. The smallest absolute Gasteiger partial charge is 0.209 e. The molecule has 6 heteroatoms. The van der Waals surface area contributed by atoms with E-state index in [1.165, 1.54) is 12.3 Å². The van der Waals surface area contributed by atoms with Crippen molar-refractivity contribution in [3.63, 3.8) is 0 Å². The third-order valence-electron chi connectivity index (χ3n) is 3.15. The van der Waals surface area contributed by atoms with E-state index in [0.717, 1.165) is 0 Å². The summed E-state index contributed by atoms with van der Waals surface area (Å²) in [5.74, 6) is 0. The average molecular weight is 319 g/mol. The second-order valence-electron chi connectivity index (χ2n) is 4.52. The Balaban J connectivity index is 2.23. The number of nitrogens with two attached hydrogens (primary N) is 1. The second-order valence-corrected chi connectivity index (χ2v) is 6.85. The van der Waals surface area contributed by atoms with Crippen molar-refractivity contribution in [2.75, 3.05) is 5.73 Å². The predicted molar refractivity (Wildman–Crippen MR) is 83.1 cm³/mol. The van der Waals surface area contributed by atoms with Gasteiger partial charge in [0.25, 0.3) is 0 Å². The van der Waals surface area contributed by atoms with Crippen LogP contribution in [-0.4, -0.2) is 13.4 Å². The highest BCUT2D eigenvalue weighted by Crippen LogP contribution is 2.29. The molecule has 0 bridgehead atoms. The van der Waals surface area contributed by atoms with Crippen molar-refractivity contribution in [3.8, 4) is 0 Å². The number of halogens is 1. The Morgan fingerprint density at radius 1 is 1.05 bits per heavy atom. The quantitative estimate of drug-likeness (QED) is 0.736. The van der Waals surface area contributed by atoms with Gasteiger partial charge < -0.3 is 5.73 Å². The molecular weight excluding hydrogens is 308 g/mol. The van der Waals surface area contributed by atoms with Gasteiger partial charge in [0.15, 0.2) is 0 Å². The fourth-order valence-electron chi connectivity index (χ4n) is 2.10. The normalized spacial score (nSPS) is 11.7. The van der Waals surface area contributed by atoms with Crippen molar-refractivity contribution in [2.45, 2.75) is 9.79 Å². The number of pyridine rings is 1. The van der Waals surface area contributed by atoms with E-state index in [2.05, 4.69) is 4.98 Å². The first-order valence-corrected chi connectivity index (χ1v) is 8.00. The fraction of sp³-hybridized carbons (Fsp3) is 0. The zero-order valence-electron chi connectivity index (χ0n) is 10.8. The number of anilines is 1. The van der Waals surface area contributed by atoms with Gasteiger partial charge in [0, 0.05) is 11.6 Å². The van der Waals surface area contributed by atoms with E-state index >= 15 is 0 Å². The minimum atomic E-state index is -3.71. The number of aromatic nitrogens is 1. The van der Waals surface area contributed by atoms with Gasteiger partial charge in [-0.15, -0.1) is 0 Å². The first-order valence-electron chi connectivity index (χ1n) is 6.14. The van der Waals surface area contributed by atoms with Crippen LogP contribution in [0.3, 0.4) is 0 Å². The number of para-hydroxylation sites is 1. The van der Waals surface area contributed by atoms with Gasteiger partial charge >= 0.3 is 0 Å². The van der Waals surface area contributed by atoms with Crippen LogP contribution in [0.2, 0.25) is 5.02 Å². The van der Waals surface area contributed by atoms with Crippen molar-refractivity contribution in [2.24, 2.45) is 0 Å². The molecule has 3 aromatic rings. The van der Waals surface area contributed by atoms with Crippen LogP contribution in [0.4, 0.5) is 5.69 Å². The summed E-state index contributed by atoms with van der Waals surface area (Å²) in [6, 6.07) is 13.1. The number of hydrogen-bond donors (Lipinski definition) is 1. The highest BCUT2D eigenvalue weighted by molar-refractivity contribution is 7.91. The Bertz CT molecular complexity index is 939. The summed E-state index contributed by atoms with van der Waals surface area (Å²) in [6.07, 6.45) is 1.30. The van der Waals surface area contributed by atoms with Crippen LogP contribution in [0.5, 0.6) is 0 Å². The third-order valence-corrected chi connectivity index (χ3v) is 5.37. The molecule has 0 spiro atoms. The lowest BCUT2D eigenvalue weighted by Gasteiger charge is -2.08. The van der Waals surface area contributed by atoms with Gasteiger partial charge in [-0.2, -0.15) is 0 Å². The highest BCUT2D eigenvalue weighted by atomic mass is 35.5. The lowest BCUT2D eigenvalue weighted by atomic mass is 10.2. The molecule has 21 heavy (non-hydrogen) atoms. The molecule has 2 N–H and O–H groups in total. The van der Waals surface area contributed by atoms with Gasteiger partial charge in [-0.1, -0.05) is 35.9 Å². The third kappa shape index (κ3) is 2.34. The minimum Gasteiger partial charge on any atom is -0.397 e. The lowest BCUT2D eigenvalue weighted by Crippen LogP contribution is -2.03. The van der Waals surface area contributed by atoms with Gasteiger partial charge in [0.1, 0.15) is 0 Å². The summed E-state index contributed by atoms with van der Waals surface area (Å²) in [5, 5.41) is 0.855. The lowest BCUT2D eigenvalue weighted by molar-refractivity contribution is 0.596. The predicted octanol–water partition coefficient (Wildman–Crippen LogP) is 3.30. The molecule has 3 rings (SSSR count). The van der Waals surface area contributed by atoms with E-state index in [1.54, 1.807) is 42.5 Å². The van der Waals surface area contributed by atoms with E-state index in [1.807, 2.05) is 0 Å². The Kier molecular flexibility index (Phi) is 3.31. The number of hydrogen-bond acceptors (Lipinski definition) is 4. The standard InChI is InChI=1S/C15H11ClN2O2S/c16-12-5-1-2-7-14(12)21(19,20)11-8-10-4-3-6-13(17)15(10)18-9-11/h1-9H,17H2. The molecule has 0 fully saturated rings. The summed E-state index contributed by atoms with van der Waals surface area (Å²) in [4.78, 5) is 4.31. The average Bonchev–Trinajstić information content (AvgIpc) is 2.47. The van der Waals surface area contributed by atoms with Crippen LogP contribution in [0.25, 0.3) is 10.9 Å². The Labute approximate surface area is 127 Å². The molecule has 2 aromatic carbocycles. The van der Waals surface area contributed by atoms with Crippen LogP contribution >= 0.6 is 11.6 Å². The fourth-order valence-corrected chi connectivity index (χ4v) is 3.85. The molecule has 0 saturated heterocycles. The number of sulfone groups is 1. The first kappa shape index (κ1) is 13.9. The van der Waals surface area contributed by atoms with E-state index in [9.17, 15) is 8.42 Å². The molecule has 0 atom stereocenters. The number of fused-ring (bicyclic) bond motifs is 1. The molecule has 4 nitrogen and oxygen atoms in total. The molecule has 0 amide bonds. The zero-order valence-corrected chi connectivity index (χ0v) is 12.4. The monoisotopic (exact) mass is 318 g/mol. The van der Waals surface area contributed by atoms with Crippen LogP contribution in [0, 0.1) is 0 Å². The van der Waals surface area contributed by atoms with E-state index in [4.69, 9.17) is 17.3 Å². The van der Waals surface area contributed by atoms with Gasteiger partial charge in [0.2, 0.25) is 9.84 Å². The molecule has 0 aliphatic carbocycles. The van der Waals surface area contributed by atoms with E-state index < -0.39 is 9.84 Å². The van der Waals surface area contributed by atoms with Gasteiger partial charge in [-0.3, -0.25) is 4.98 Å². The summed E-state index contributed by atoms with van der Waals surface area (Å²) < 4.78 is 25.3. The number of benzene rings is 2. The summed E-state index contributed by atoms with van der Waals surface area (Å²) >= 11 is 5.98. The van der Waals surface area contributed by atoms with Crippen molar-refractivity contribution in [1.29, 1.82) is 0 Å². The largest absolute Gasteiger partial charge is 0.397 e. The summed E-state index contributed by atoms with van der Waals surface area (Å²) in [5.41, 5.74) is 6.91.